The standard InChI is InChI=1S/C10H8.C5H5N.CH3Cl/c1-2-6-10-8-4-3-7-9(10)5-1;1-2-4-6-5-3-1;1-2/h1-8H;1-5H;1H3. The van der Waals surface area contributed by atoms with E-state index in [4.69, 9.17) is 0 Å². The van der Waals surface area contributed by atoms with Crippen LogP contribution in [0.4, 0.5) is 0 Å². The van der Waals surface area contributed by atoms with Crippen molar-refractivity contribution >= 4 is 22.4 Å². The van der Waals surface area contributed by atoms with E-state index >= 15 is 0 Å². The van der Waals surface area contributed by atoms with Gasteiger partial charge in [-0.15, -0.1) is 11.6 Å². The van der Waals surface area contributed by atoms with Gasteiger partial charge in [0.25, 0.3) is 0 Å². The van der Waals surface area contributed by atoms with E-state index in [-0.39, 0.29) is 0 Å². The van der Waals surface area contributed by atoms with Gasteiger partial charge in [0.15, 0.2) is 0 Å². The van der Waals surface area contributed by atoms with Gasteiger partial charge in [0.05, 0.1) is 0 Å². The summed E-state index contributed by atoms with van der Waals surface area (Å²) < 4.78 is 0. The van der Waals surface area contributed by atoms with Crippen molar-refractivity contribution in [3.63, 3.8) is 0 Å². The maximum atomic E-state index is 4.64. The Morgan fingerprint density at radius 2 is 1.00 bits per heavy atom. The summed E-state index contributed by atoms with van der Waals surface area (Å²) in [5.41, 5.74) is 0. The molecule has 3 rings (SSSR count). The Labute approximate surface area is 113 Å². The van der Waals surface area contributed by atoms with Crippen LogP contribution in [0.25, 0.3) is 10.8 Å². The van der Waals surface area contributed by atoms with Crippen LogP contribution in [0.5, 0.6) is 0 Å². The highest BCUT2D eigenvalue weighted by Gasteiger charge is 1.85. The second-order valence-electron chi connectivity index (χ2n) is 3.37. The van der Waals surface area contributed by atoms with Crippen LogP contribution < -0.4 is 0 Å². The minimum absolute atomic E-state index is 1.31. The van der Waals surface area contributed by atoms with Crippen LogP contribution >= 0.6 is 11.6 Å². The van der Waals surface area contributed by atoms with Crippen LogP contribution in [0.2, 0.25) is 0 Å². The third kappa shape index (κ3) is 4.98. The highest BCUT2D eigenvalue weighted by Crippen LogP contribution is 2.11. The van der Waals surface area contributed by atoms with Crippen molar-refractivity contribution in [1.29, 1.82) is 0 Å². The van der Waals surface area contributed by atoms with Crippen LogP contribution in [0, 0.1) is 0 Å². The van der Waals surface area contributed by atoms with Crippen LogP contribution in [-0.4, -0.2) is 11.4 Å². The Kier molecular flexibility index (Phi) is 7.26. The summed E-state index contributed by atoms with van der Waals surface area (Å²) in [6.07, 6.45) is 4.97. The second-order valence-corrected chi connectivity index (χ2v) is 3.37. The lowest BCUT2D eigenvalue weighted by molar-refractivity contribution is 1.33. The zero-order chi connectivity index (χ0) is 13.1. The summed E-state index contributed by atoms with van der Waals surface area (Å²) in [5.74, 6) is 0. The second kappa shape index (κ2) is 9.20. The number of halogens is 1. The molecule has 0 N–H and O–H groups in total. The molecule has 0 aliphatic carbocycles. The summed E-state index contributed by atoms with van der Waals surface area (Å²) in [4.78, 5) is 3.78. The Bertz CT molecular complexity index is 445. The van der Waals surface area contributed by atoms with Crippen molar-refractivity contribution in [3.05, 3.63) is 79.1 Å². The topological polar surface area (TPSA) is 12.9 Å². The van der Waals surface area contributed by atoms with Crippen molar-refractivity contribution in [1.82, 2.24) is 4.98 Å². The molecule has 92 valence electrons. The van der Waals surface area contributed by atoms with Gasteiger partial charge >= 0.3 is 0 Å². The van der Waals surface area contributed by atoms with Gasteiger partial charge in [0, 0.05) is 18.8 Å². The Balaban J connectivity index is 0.000000174. The smallest absolute Gasteiger partial charge is 0.0267 e. The Morgan fingerprint density at radius 1 is 0.611 bits per heavy atom. The van der Waals surface area contributed by atoms with E-state index in [2.05, 4.69) is 65.1 Å². The number of hydrogen-bond donors (Lipinski definition) is 0. The average Bonchev–Trinajstić information content (AvgIpc) is 2.52. The van der Waals surface area contributed by atoms with Gasteiger partial charge < -0.3 is 0 Å². The first-order valence-corrected chi connectivity index (χ1v) is 6.39. The molecule has 2 heteroatoms. The lowest BCUT2D eigenvalue weighted by Crippen LogP contribution is -1.67. The number of benzene rings is 2. The molecule has 0 aliphatic heterocycles. The molecule has 0 amide bonds. The summed E-state index contributed by atoms with van der Waals surface area (Å²) in [6, 6.07) is 22.4. The number of hydrogen-bond acceptors (Lipinski definition) is 1. The third-order valence-corrected chi connectivity index (χ3v) is 2.23. The first kappa shape index (κ1) is 14.2. The maximum absolute atomic E-state index is 4.64. The van der Waals surface area contributed by atoms with Crippen molar-refractivity contribution in [3.8, 4) is 0 Å². The van der Waals surface area contributed by atoms with E-state index in [0.29, 0.717) is 0 Å². The highest BCUT2D eigenvalue weighted by molar-refractivity contribution is 6.15. The Morgan fingerprint density at radius 3 is 1.22 bits per heavy atom. The first-order chi connectivity index (χ1) is 8.97. The molecule has 0 aliphatic rings. The zero-order valence-electron chi connectivity index (χ0n) is 10.3. The zero-order valence-corrected chi connectivity index (χ0v) is 11.1. The predicted octanol–water partition coefficient (Wildman–Crippen LogP) is 4.78. The van der Waals surface area contributed by atoms with E-state index in [1.165, 1.54) is 17.2 Å². The lowest BCUT2D eigenvalue weighted by atomic mass is 10.1. The molecule has 0 unspecified atom stereocenters. The SMILES string of the molecule is CCl.c1ccc2ccccc2c1.c1ccncc1. The number of aromatic nitrogens is 1. The molecule has 2 aromatic carbocycles. The molecule has 0 fully saturated rings. The van der Waals surface area contributed by atoms with Crippen LogP contribution in [-0.2, 0) is 0 Å². The monoisotopic (exact) mass is 257 g/mol. The maximum Gasteiger partial charge on any atom is 0.0267 e. The molecule has 0 radical (unpaired) electrons. The van der Waals surface area contributed by atoms with Crippen LogP contribution in [0.15, 0.2) is 79.1 Å². The number of alkyl halides is 1. The van der Waals surface area contributed by atoms with Gasteiger partial charge in [-0.1, -0.05) is 54.6 Å². The van der Waals surface area contributed by atoms with E-state index in [0.717, 1.165) is 0 Å². The molecule has 0 atom stereocenters. The Hall–Kier alpha value is -1.86. The largest absolute Gasteiger partial charge is 0.265 e. The van der Waals surface area contributed by atoms with Crippen molar-refractivity contribution in [2.75, 3.05) is 6.38 Å². The van der Waals surface area contributed by atoms with Gasteiger partial charge in [-0.3, -0.25) is 4.98 Å². The van der Waals surface area contributed by atoms with Crippen molar-refractivity contribution in [2.24, 2.45) is 0 Å². The number of nitrogens with zero attached hydrogens (tertiary/aromatic N) is 1. The molecule has 3 aromatic rings. The number of fused-ring (bicyclic) bond motifs is 1. The van der Waals surface area contributed by atoms with E-state index in [9.17, 15) is 0 Å². The average molecular weight is 258 g/mol. The van der Waals surface area contributed by atoms with Gasteiger partial charge in [0.1, 0.15) is 0 Å². The molecule has 18 heavy (non-hydrogen) atoms. The predicted molar refractivity (Wildman–Crippen MR) is 80.0 cm³/mol. The molecule has 1 heterocycles. The highest BCUT2D eigenvalue weighted by atomic mass is 35.5. The molecule has 1 nitrogen and oxygen atoms in total. The third-order valence-electron chi connectivity index (χ3n) is 2.23. The first-order valence-electron chi connectivity index (χ1n) is 5.63. The molecule has 1 aromatic heterocycles. The molecular weight excluding hydrogens is 242 g/mol. The lowest BCUT2D eigenvalue weighted by Gasteiger charge is -1.92. The number of rotatable bonds is 0. The molecule has 0 bridgehead atoms. The van der Waals surface area contributed by atoms with E-state index in [1.54, 1.807) is 12.4 Å². The fourth-order valence-electron chi connectivity index (χ4n) is 1.45. The van der Waals surface area contributed by atoms with Gasteiger partial charge in [-0.05, 0) is 22.9 Å². The minimum Gasteiger partial charge on any atom is -0.265 e. The quantitative estimate of drug-likeness (QED) is 0.529. The summed E-state index contributed by atoms with van der Waals surface area (Å²) in [5, 5.41) is 2.62. The van der Waals surface area contributed by atoms with Crippen LogP contribution in [0.1, 0.15) is 0 Å². The number of pyridine rings is 1. The van der Waals surface area contributed by atoms with Gasteiger partial charge in [-0.25, -0.2) is 0 Å². The molecular formula is C16H16ClN. The fraction of sp³-hybridized carbons (Fsp3) is 0.0625. The van der Waals surface area contributed by atoms with Crippen molar-refractivity contribution < 1.29 is 0 Å². The summed E-state index contributed by atoms with van der Waals surface area (Å²) in [6.45, 7) is 0. The molecule has 0 saturated heterocycles. The van der Waals surface area contributed by atoms with Gasteiger partial charge in [-0.2, -0.15) is 0 Å². The van der Waals surface area contributed by atoms with Crippen molar-refractivity contribution in [2.45, 2.75) is 0 Å². The normalized spacial score (nSPS) is 8.56. The van der Waals surface area contributed by atoms with E-state index in [1.807, 2.05) is 18.2 Å². The van der Waals surface area contributed by atoms with E-state index < -0.39 is 0 Å². The minimum atomic E-state index is 1.31. The van der Waals surface area contributed by atoms with Crippen LogP contribution in [0.3, 0.4) is 0 Å². The summed E-state index contributed by atoms with van der Waals surface area (Å²) >= 11 is 4.64. The molecule has 0 saturated carbocycles. The molecule has 0 spiro atoms. The summed E-state index contributed by atoms with van der Waals surface area (Å²) in [7, 11) is 0. The fourth-order valence-corrected chi connectivity index (χ4v) is 1.45. The van der Waals surface area contributed by atoms with Gasteiger partial charge in [0.2, 0.25) is 0 Å².